The summed E-state index contributed by atoms with van der Waals surface area (Å²) in [6, 6.07) is 8.77. The van der Waals surface area contributed by atoms with E-state index in [9.17, 15) is 22.8 Å². The third-order valence-electron chi connectivity index (χ3n) is 4.19. The van der Waals surface area contributed by atoms with Gasteiger partial charge >= 0.3 is 18.3 Å². The van der Waals surface area contributed by atoms with E-state index >= 15 is 0 Å². The highest BCUT2D eigenvalue weighted by Crippen LogP contribution is 2.30. The summed E-state index contributed by atoms with van der Waals surface area (Å²) in [4.78, 5) is 24.4. The lowest BCUT2D eigenvalue weighted by molar-refractivity contribution is -0.137. The first kappa shape index (κ1) is 18.6. The van der Waals surface area contributed by atoms with E-state index in [0.717, 1.165) is 23.3 Å². The molecule has 0 aromatic heterocycles. The standard InChI is InChI=1S/C18H16F3N3O3/c19-18(20,21)13-2-1-3-14(9-13)22-16(25)23-15-5-4-12-10-24(17(26)27)7-6-11(12)8-15/h1-5,8-9H,6-7,10H2,(H,26,27)(H2,22,23,25). The number of benzene rings is 2. The molecule has 2 aromatic carbocycles. The summed E-state index contributed by atoms with van der Waals surface area (Å²) in [6.45, 7) is 0.642. The van der Waals surface area contributed by atoms with Crippen LogP contribution >= 0.6 is 0 Å². The first-order valence-electron chi connectivity index (χ1n) is 8.07. The van der Waals surface area contributed by atoms with Crippen molar-refractivity contribution in [1.29, 1.82) is 0 Å². The molecule has 2 aromatic rings. The summed E-state index contributed by atoms with van der Waals surface area (Å²) in [5.74, 6) is 0. The Labute approximate surface area is 152 Å². The Hall–Kier alpha value is -3.23. The average molecular weight is 379 g/mol. The Bertz CT molecular complexity index is 884. The molecule has 1 aliphatic rings. The second kappa shape index (κ2) is 7.18. The third kappa shape index (κ3) is 4.49. The molecule has 0 atom stereocenters. The van der Waals surface area contributed by atoms with Gasteiger partial charge in [0.05, 0.1) is 5.56 Å². The summed E-state index contributed by atoms with van der Waals surface area (Å²) in [5, 5.41) is 14.0. The predicted molar refractivity (Wildman–Crippen MR) is 92.7 cm³/mol. The fourth-order valence-corrected chi connectivity index (χ4v) is 2.86. The first-order valence-corrected chi connectivity index (χ1v) is 8.07. The first-order chi connectivity index (χ1) is 12.7. The van der Waals surface area contributed by atoms with Crippen LogP contribution in [0.4, 0.5) is 34.1 Å². The number of amides is 3. The molecule has 1 aliphatic heterocycles. The Kier molecular flexibility index (Phi) is 4.93. The number of nitrogens with one attached hydrogen (secondary N) is 2. The highest BCUT2D eigenvalue weighted by atomic mass is 19.4. The predicted octanol–water partition coefficient (Wildman–Crippen LogP) is 4.39. The van der Waals surface area contributed by atoms with Crippen molar-refractivity contribution in [3.05, 3.63) is 59.2 Å². The number of hydrogen-bond donors (Lipinski definition) is 3. The van der Waals surface area contributed by atoms with E-state index in [1.165, 1.54) is 17.0 Å². The van der Waals surface area contributed by atoms with Gasteiger partial charge in [-0.05, 0) is 47.9 Å². The molecule has 6 nitrogen and oxygen atoms in total. The molecule has 0 radical (unpaired) electrons. The van der Waals surface area contributed by atoms with Crippen LogP contribution in [0.15, 0.2) is 42.5 Å². The van der Waals surface area contributed by atoms with Crippen molar-refractivity contribution in [2.45, 2.75) is 19.1 Å². The number of nitrogens with zero attached hydrogens (tertiary/aromatic N) is 1. The molecule has 3 amide bonds. The number of carbonyl (C=O) groups is 2. The van der Waals surface area contributed by atoms with Crippen LogP contribution in [-0.2, 0) is 19.1 Å². The second-order valence-corrected chi connectivity index (χ2v) is 6.10. The molecular formula is C18H16F3N3O3. The van der Waals surface area contributed by atoms with Crippen molar-refractivity contribution >= 4 is 23.5 Å². The fourth-order valence-electron chi connectivity index (χ4n) is 2.86. The zero-order valence-corrected chi connectivity index (χ0v) is 14.0. The van der Waals surface area contributed by atoms with E-state index in [4.69, 9.17) is 5.11 Å². The molecule has 3 N–H and O–H groups in total. The number of carbonyl (C=O) groups excluding carboxylic acids is 1. The quantitative estimate of drug-likeness (QED) is 0.724. The Balaban J connectivity index is 1.66. The number of carboxylic acid groups (broad SMARTS) is 1. The second-order valence-electron chi connectivity index (χ2n) is 6.10. The van der Waals surface area contributed by atoms with Crippen LogP contribution in [0, 0.1) is 0 Å². The molecular weight excluding hydrogens is 363 g/mol. The fraction of sp³-hybridized carbons (Fsp3) is 0.222. The molecule has 27 heavy (non-hydrogen) atoms. The summed E-state index contributed by atoms with van der Waals surface area (Å²) in [7, 11) is 0. The summed E-state index contributed by atoms with van der Waals surface area (Å²) in [6.07, 6.45) is -4.95. The van der Waals surface area contributed by atoms with E-state index in [0.29, 0.717) is 18.7 Å². The van der Waals surface area contributed by atoms with Gasteiger partial charge in [-0.2, -0.15) is 13.2 Å². The van der Waals surface area contributed by atoms with Crippen molar-refractivity contribution in [3.8, 4) is 0 Å². The molecule has 9 heteroatoms. The summed E-state index contributed by atoms with van der Waals surface area (Å²) < 4.78 is 38.2. The maximum Gasteiger partial charge on any atom is 0.416 e. The van der Waals surface area contributed by atoms with E-state index in [2.05, 4.69) is 10.6 Å². The Morgan fingerprint density at radius 2 is 1.70 bits per heavy atom. The lowest BCUT2D eigenvalue weighted by Gasteiger charge is -2.26. The molecule has 0 spiro atoms. The Morgan fingerprint density at radius 3 is 2.37 bits per heavy atom. The summed E-state index contributed by atoms with van der Waals surface area (Å²) in [5.41, 5.74) is 1.42. The van der Waals surface area contributed by atoms with Gasteiger partial charge in [-0.15, -0.1) is 0 Å². The van der Waals surface area contributed by atoms with Gasteiger partial charge < -0.3 is 20.6 Å². The number of halogens is 3. The highest BCUT2D eigenvalue weighted by molar-refractivity contribution is 5.99. The number of rotatable bonds is 2. The minimum absolute atomic E-state index is 0.0254. The van der Waals surface area contributed by atoms with E-state index < -0.39 is 23.9 Å². The van der Waals surface area contributed by atoms with E-state index in [-0.39, 0.29) is 12.2 Å². The van der Waals surface area contributed by atoms with Crippen LogP contribution in [-0.4, -0.2) is 28.7 Å². The molecule has 142 valence electrons. The molecule has 3 rings (SSSR count). The zero-order chi connectivity index (χ0) is 19.6. The summed E-state index contributed by atoms with van der Waals surface area (Å²) >= 11 is 0. The number of fused-ring (bicyclic) bond motifs is 1. The van der Waals surface area contributed by atoms with Crippen LogP contribution < -0.4 is 10.6 Å². The van der Waals surface area contributed by atoms with Gasteiger partial charge in [-0.1, -0.05) is 12.1 Å². The maximum atomic E-state index is 12.7. The van der Waals surface area contributed by atoms with Crippen molar-refractivity contribution in [3.63, 3.8) is 0 Å². The third-order valence-corrected chi connectivity index (χ3v) is 4.19. The van der Waals surface area contributed by atoms with Gasteiger partial charge in [0.2, 0.25) is 0 Å². The van der Waals surface area contributed by atoms with Gasteiger partial charge in [-0.3, -0.25) is 0 Å². The van der Waals surface area contributed by atoms with Gasteiger partial charge in [-0.25, -0.2) is 9.59 Å². The topological polar surface area (TPSA) is 81.7 Å². The molecule has 0 fully saturated rings. The average Bonchev–Trinajstić information content (AvgIpc) is 2.60. The lowest BCUT2D eigenvalue weighted by Crippen LogP contribution is -2.34. The largest absolute Gasteiger partial charge is 0.465 e. The van der Waals surface area contributed by atoms with Crippen molar-refractivity contribution < 1.29 is 27.9 Å². The normalized spacial score (nSPS) is 13.7. The number of urea groups is 1. The monoisotopic (exact) mass is 379 g/mol. The van der Waals surface area contributed by atoms with Gasteiger partial charge in [0.15, 0.2) is 0 Å². The van der Waals surface area contributed by atoms with Gasteiger partial charge in [0, 0.05) is 24.5 Å². The molecule has 0 unspecified atom stereocenters. The smallest absolute Gasteiger partial charge is 0.416 e. The minimum Gasteiger partial charge on any atom is -0.465 e. The molecule has 0 aliphatic carbocycles. The van der Waals surface area contributed by atoms with Crippen molar-refractivity contribution in [2.75, 3.05) is 17.2 Å². The lowest BCUT2D eigenvalue weighted by atomic mass is 9.99. The number of alkyl halides is 3. The van der Waals surface area contributed by atoms with Crippen LogP contribution in [0.2, 0.25) is 0 Å². The van der Waals surface area contributed by atoms with E-state index in [1.807, 2.05) is 0 Å². The van der Waals surface area contributed by atoms with Crippen LogP contribution in [0.5, 0.6) is 0 Å². The van der Waals surface area contributed by atoms with Crippen LogP contribution in [0.25, 0.3) is 0 Å². The van der Waals surface area contributed by atoms with Crippen molar-refractivity contribution in [1.82, 2.24) is 4.90 Å². The van der Waals surface area contributed by atoms with Crippen molar-refractivity contribution in [2.24, 2.45) is 0 Å². The maximum absolute atomic E-state index is 12.7. The molecule has 0 saturated carbocycles. The van der Waals surface area contributed by atoms with E-state index in [1.54, 1.807) is 18.2 Å². The Morgan fingerprint density at radius 1 is 1.00 bits per heavy atom. The SMILES string of the molecule is O=C(Nc1cccc(C(F)(F)F)c1)Nc1ccc2c(c1)CCN(C(=O)O)C2. The highest BCUT2D eigenvalue weighted by Gasteiger charge is 2.30. The van der Waals surface area contributed by atoms with Gasteiger partial charge in [0.1, 0.15) is 0 Å². The molecule has 0 saturated heterocycles. The number of anilines is 2. The molecule has 1 heterocycles. The minimum atomic E-state index is -4.49. The molecule has 0 bridgehead atoms. The van der Waals surface area contributed by atoms with Gasteiger partial charge in [0.25, 0.3) is 0 Å². The number of hydrogen-bond acceptors (Lipinski definition) is 2. The van der Waals surface area contributed by atoms with Crippen LogP contribution in [0.1, 0.15) is 16.7 Å². The zero-order valence-electron chi connectivity index (χ0n) is 14.0. The van der Waals surface area contributed by atoms with Crippen LogP contribution in [0.3, 0.4) is 0 Å².